The Morgan fingerprint density at radius 1 is 1.23 bits per heavy atom. The highest BCUT2D eigenvalue weighted by atomic mass is 35.5. The van der Waals surface area contributed by atoms with E-state index in [-0.39, 0.29) is 23.8 Å². The molecule has 30 heavy (non-hydrogen) atoms. The molecule has 0 aromatic carbocycles. The summed E-state index contributed by atoms with van der Waals surface area (Å²) in [5.41, 5.74) is -1.54. The molecule has 6 nitrogen and oxygen atoms in total. The van der Waals surface area contributed by atoms with Crippen molar-refractivity contribution < 1.29 is 29.0 Å². The van der Waals surface area contributed by atoms with Gasteiger partial charge in [0.2, 0.25) is 0 Å². The maximum Gasteiger partial charge on any atom is 0.305 e. The van der Waals surface area contributed by atoms with Crippen molar-refractivity contribution in [2.75, 3.05) is 7.11 Å². The molecule has 168 valence electrons. The molecule has 1 aliphatic carbocycles. The van der Waals surface area contributed by atoms with Crippen LogP contribution in [-0.2, 0) is 23.9 Å². The number of rotatable bonds is 13. The van der Waals surface area contributed by atoms with Gasteiger partial charge < -0.3 is 14.6 Å². The van der Waals surface area contributed by atoms with Crippen molar-refractivity contribution >= 4 is 29.3 Å². The lowest BCUT2D eigenvalue weighted by molar-refractivity contribution is -0.152. The van der Waals surface area contributed by atoms with Gasteiger partial charge in [0.05, 0.1) is 18.1 Å². The third-order valence-electron chi connectivity index (χ3n) is 4.95. The van der Waals surface area contributed by atoms with Crippen LogP contribution in [-0.4, -0.2) is 41.6 Å². The van der Waals surface area contributed by atoms with Crippen LogP contribution in [0.4, 0.5) is 0 Å². The van der Waals surface area contributed by atoms with Gasteiger partial charge >= 0.3 is 11.9 Å². The predicted octanol–water partition coefficient (Wildman–Crippen LogP) is 4.40. The Morgan fingerprint density at radius 2 is 1.93 bits per heavy atom. The first kappa shape index (κ1) is 26.1. The third-order valence-corrected chi connectivity index (χ3v) is 5.25. The summed E-state index contributed by atoms with van der Waals surface area (Å²) in [4.78, 5) is 35.5. The van der Waals surface area contributed by atoms with Crippen LogP contribution >= 0.6 is 11.6 Å². The van der Waals surface area contributed by atoms with Crippen molar-refractivity contribution in [2.45, 2.75) is 76.9 Å². The van der Waals surface area contributed by atoms with Gasteiger partial charge in [0.15, 0.2) is 5.78 Å². The highest BCUT2D eigenvalue weighted by Crippen LogP contribution is 2.39. The van der Waals surface area contributed by atoms with Gasteiger partial charge in [-0.3, -0.25) is 14.4 Å². The van der Waals surface area contributed by atoms with Crippen LogP contribution in [0.25, 0.3) is 0 Å². The van der Waals surface area contributed by atoms with Crippen LogP contribution in [0.1, 0.15) is 65.2 Å². The Labute approximate surface area is 184 Å². The van der Waals surface area contributed by atoms with Gasteiger partial charge in [-0.15, -0.1) is 0 Å². The largest absolute Gasteiger partial charge is 0.469 e. The number of esters is 2. The summed E-state index contributed by atoms with van der Waals surface area (Å²) in [7, 11) is 1.33. The lowest BCUT2D eigenvalue weighted by Gasteiger charge is -2.31. The monoisotopic (exact) mass is 440 g/mol. The summed E-state index contributed by atoms with van der Waals surface area (Å²) in [6, 6.07) is 0. The van der Waals surface area contributed by atoms with Gasteiger partial charge in [-0.25, -0.2) is 0 Å². The molecular weight excluding hydrogens is 408 g/mol. The summed E-state index contributed by atoms with van der Waals surface area (Å²) in [6.07, 6.45) is 13.3. The highest BCUT2D eigenvalue weighted by molar-refractivity contribution is 6.44. The Bertz CT molecular complexity index is 681. The molecule has 0 saturated carbocycles. The van der Waals surface area contributed by atoms with E-state index in [4.69, 9.17) is 16.3 Å². The number of halogens is 1. The van der Waals surface area contributed by atoms with Gasteiger partial charge in [0.25, 0.3) is 0 Å². The molecule has 0 unspecified atom stereocenters. The maximum absolute atomic E-state index is 12.7. The van der Waals surface area contributed by atoms with Gasteiger partial charge in [-0.2, -0.15) is 0 Å². The van der Waals surface area contributed by atoms with Crippen molar-refractivity contribution in [3.63, 3.8) is 0 Å². The highest BCUT2D eigenvalue weighted by Gasteiger charge is 2.50. The molecule has 1 aliphatic rings. The fourth-order valence-electron chi connectivity index (χ4n) is 3.38. The average molecular weight is 441 g/mol. The van der Waals surface area contributed by atoms with E-state index in [2.05, 4.69) is 11.7 Å². The van der Waals surface area contributed by atoms with Crippen LogP contribution in [0.3, 0.4) is 0 Å². The molecule has 0 bridgehead atoms. The molecule has 0 heterocycles. The summed E-state index contributed by atoms with van der Waals surface area (Å²) >= 11 is 6.05. The number of hydrogen-bond acceptors (Lipinski definition) is 6. The van der Waals surface area contributed by atoms with E-state index in [9.17, 15) is 19.5 Å². The first-order valence-corrected chi connectivity index (χ1v) is 10.8. The number of ether oxygens (including phenoxy) is 2. The van der Waals surface area contributed by atoms with E-state index in [1.165, 1.54) is 20.1 Å². The van der Waals surface area contributed by atoms with E-state index >= 15 is 0 Å². The normalized spacial score (nSPS) is 22.5. The second kappa shape index (κ2) is 13.4. The number of carbonyl (C=O) groups is 3. The van der Waals surface area contributed by atoms with Crippen molar-refractivity contribution in [3.8, 4) is 0 Å². The lowest BCUT2D eigenvalue weighted by Crippen LogP contribution is -2.44. The molecule has 0 fully saturated rings. The Hall–Kier alpha value is -1.92. The second-order valence-corrected chi connectivity index (χ2v) is 7.87. The molecule has 3 atom stereocenters. The summed E-state index contributed by atoms with van der Waals surface area (Å²) in [5.74, 6) is -2.34. The number of methoxy groups -OCH3 is 1. The maximum atomic E-state index is 12.7. The number of Topliss-reactive ketones (excluding diaryl/α,β-unsaturated/α-hetero) is 1. The molecule has 0 saturated heterocycles. The predicted molar refractivity (Wildman–Crippen MR) is 116 cm³/mol. The number of ketones is 1. The van der Waals surface area contributed by atoms with Crippen LogP contribution in [0.15, 0.2) is 35.4 Å². The zero-order valence-electron chi connectivity index (χ0n) is 18.1. The molecular formula is C23H33ClO6. The fourth-order valence-corrected chi connectivity index (χ4v) is 3.69. The summed E-state index contributed by atoms with van der Waals surface area (Å²) < 4.78 is 9.94. The number of hydrogen-bond donors (Lipinski definition) is 1. The van der Waals surface area contributed by atoms with E-state index in [0.29, 0.717) is 12.8 Å². The number of allylic oxidation sites excluding steroid dienone is 3. The molecule has 0 amide bonds. The quantitative estimate of drug-likeness (QED) is 0.259. The topological polar surface area (TPSA) is 89.9 Å². The molecule has 0 spiro atoms. The molecule has 0 aromatic heterocycles. The van der Waals surface area contributed by atoms with E-state index < -0.39 is 29.4 Å². The number of unbranched alkanes of at least 4 members (excludes halogenated alkanes) is 4. The molecule has 1 rings (SSSR count). The second-order valence-electron chi connectivity index (χ2n) is 7.47. The molecule has 0 aliphatic heterocycles. The Balaban J connectivity index is 2.88. The first-order chi connectivity index (χ1) is 14.2. The molecule has 0 aromatic rings. The lowest BCUT2D eigenvalue weighted by atomic mass is 9.82. The summed E-state index contributed by atoms with van der Waals surface area (Å²) in [6.45, 7) is 3.38. The minimum Gasteiger partial charge on any atom is -0.469 e. The minimum absolute atomic E-state index is 0.0573. The van der Waals surface area contributed by atoms with E-state index in [1.807, 2.05) is 12.2 Å². The van der Waals surface area contributed by atoms with Gasteiger partial charge in [0, 0.05) is 13.3 Å². The van der Waals surface area contributed by atoms with Crippen LogP contribution < -0.4 is 0 Å². The number of aliphatic hydroxyl groups is 1. The van der Waals surface area contributed by atoms with Crippen molar-refractivity contribution in [2.24, 2.45) is 5.92 Å². The molecule has 0 radical (unpaired) electrons. The van der Waals surface area contributed by atoms with Crippen molar-refractivity contribution in [1.29, 1.82) is 0 Å². The Kier molecular flexibility index (Phi) is 11.7. The number of carbonyl (C=O) groups excluding carboxylic acids is 3. The minimum atomic E-state index is -1.54. The summed E-state index contributed by atoms with van der Waals surface area (Å²) in [5, 5.41) is 11.1. The van der Waals surface area contributed by atoms with E-state index in [1.54, 1.807) is 12.2 Å². The zero-order chi connectivity index (χ0) is 22.6. The zero-order valence-corrected chi connectivity index (χ0v) is 18.8. The van der Waals surface area contributed by atoms with Gasteiger partial charge in [0.1, 0.15) is 11.7 Å². The molecule has 7 heteroatoms. The van der Waals surface area contributed by atoms with E-state index in [0.717, 1.165) is 25.7 Å². The van der Waals surface area contributed by atoms with Crippen LogP contribution in [0.2, 0.25) is 0 Å². The van der Waals surface area contributed by atoms with Crippen LogP contribution in [0, 0.1) is 5.92 Å². The molecule has 1 N–H and O–H groups in total. The Morgan fingerprint density at radius 3 is 2.57 bits per heavy atom. The smallest absolute Gasteiger partial charge is 0.305 e. The SMILES string of the molecule is CCCCC/C=C\C[C@@]1(O)C=C(Cl)C(=O)[C@@H]1[C@H](/C=C/CCCC(=O)OC)OC(C)=O. The van der Waals surface area contributed by atoms with Gasteiger partial charge in [-0.1, -0.05) is 49.6 Å². The van der Waals surface area contributed by atoms with Crippen molar-refractivity contribution in [1.82, 2.24) is 0 Å². The van der Waals surface area contributed by atoms with Gasteiger partial charge in [-0.05, 0) is 44.3 Å². The van der Waals surface area contributed by atoms with Crippen molar-refractivity contribution in [3.05, 3.63) is 35.4 Å². The average Bonchev–Trinajstić information content (AvgIpc) is 2.91. The fraction of sp³-hybridized carbons (Fsp3) is 0.609. The third kappa shape index (κ3) is 8.44. The van der Waals surface area contributed by atoms with Crippen LogP contribution in [0.5, 0.6) is 0 Å². The standard InChI is InChI=1S/C23H33ClO6/c1-4-5-6-7-8-12-15-23(28)16-18(24)22(27)21(23)19(30-17(2)25)13-10-9-11-14-20(26)29-3/h8,10,12-13,16,19,21,28H,4-7,9,11,14-15H2,1-3H3/b12-8-,13-10+/t19-,21-,23+/m0/s1. The first-order valence-electron chi connectivity index (χ1n) is 10.5.